The monoisotopic (exact) mass is 224 g/mol. The second-order valence-electron chi connectivity index (χ2n) is 3.05. The average Bonchev–Trinajstić information content (AvgIpc) is 1.85. The summed E-state index contributed by atoms with van der Waals surface area (Å²) in [6.45, 7) is 4.61. The van der Waals surface area contributed by atoms with Crippen LogP contribution in [-0.4, -0.2) is 18.9 Å². The number of hydrogen-bond acceptors (Lipinski definition) is 3. The van der Waals surface area contributed by atoms with Gasteiger partial charge in [-0.05, 0) is 33.1 Å². The van der Waals surface area contributed by atoms with Crippen molar-refractivity contribution >= 4 is 0 Å². The molecule has 0 saturated carbocycles. The molecule has 0 aromatic heterocycles. The van der Waals surface area contributed by atoms with Gasteiger partial charge in [0.25, 0.3) is 0 Å². The van der Waals surface area contributed by atoms with Crippen LogP contribution in [0.3, 0.4) is 0 Å². The molecule has 0 spiro atoms. The number of ether oxygens (including phenoxy) is 1. The molecule has 4 N–H and O–H groups in total. The van der Waals surface area contributed by atoms with Crippen LogP contribution in [0.1, 0.15) is 62.8 Å². The van der Waals surface area contributed by atoms with Gasteiger partial charge in [0.2, 0.25) is 0 Å². The predicted octanol–water partition coefficient (Wildman–Crippen LogP) is 3.37. The lowest BCUT2D eigenvalue weighted by atomic mass is 10.1. The third kappa shape index (κ3) is 31.5. The van der Waals surface area contributed by atoms with Gasteiger partial charge in [-0.2, -0.15) is 0 Å². The first-order chi connectivity index (χ1) is 5.13. The molecule has 0 aliphatic heterocycles. The van der Waals surface area contributed by atoms with Gasteiger partial charge in [0.05, 0.1) is 0 Å². The van der Waals surface area contributed by atoms with Gasteiger partial charge in [-0.1, -0.05) is 29.7 Å². The van der Waals surface area contributed by atoms with Crippen LogP contribution in [0.25, 0.3) is 0 Å². The average molecular weight is 224 g/mol. The van der Waals surface area contributed by atoms with Crippen LogP contribution in [-0.2, 0) is 4.74 Å². The van der Waals surface area contributed by atoms with Crippen molar-refractivity contribution in [2.24, 2.45) is 11.5 Å². The van der Waals surface area contributed by atoms with E-state index in [0.29, 0.717) is 6.04 Å². The van der Waals surface area contributed by atoms with Crippen molar-refractivity contribution in [2.45, 2.75) is 75.1 Å². The van der Waals surface area contributed by atoms with Gasteiger partial charge in [0, 0.05) is 12.6 Å². The molecule has 100 valence electrons. The van der Waals surface area contributed by atoms with E-state index in [1.807, 2.05) is 13.8 Å². The Hall–Kier alpha value is -0.120. The van der Waals surface area contributed by atoms with E-state index < -0.39 is 0 Å². The summed E-state index contributed by atoms with van der Waals surface area (Å²) in [5, 5.41) is 0. The molecule has 0 saturated heterocycles. The first kappa shape index (κ1) is 29.4. The molecule has 0 aliphatic carbocycles. The van der Waals surface area contributed by atoms with Crippen LogP contribution in [0.4, 0.5) is 0 Å². The third-order valence-corrected chi connectivity index (χ3v) is 1.43. The van der Waals surface area contributed by atoms with Crippen molar-refractivity contribution in [1.29, 1.82) is 0 Å². The molecule has 0 fully saturated rings. The molecule has 0 amide bonds. The van der Waals surface area contributed by atoms with Gasteiger partial charge in [-0.25, -0.2) is 0 Å². The fourth-order valence-corrected chi connectivity index (χ4v) is 0.838. The minimum atomic E-state index is -0.134. The lowest BCUT2D eigenvalue weighted by Gasteiger charge is -2.07. The summed E-state index contributed by atoms with van der Waals surface area (Å²) in [6.07, 6.45) is 3.13. The quantitative estimate of drug-likeness (QED) is 0.537. The highest BCUT2D eigenvalue weighted by molar-refractivity contribution is 4.52. The lowest BCUT2D eigenvalue weighted by Crippen LogP contribution is -2.20. The number of unbranched alkanes of at least 4 members (excludes halogenated alkanes) is 1. The highest BCUT2D eigenvalue weighted by atomic mass is 16.5. The maximum Gasteiger partial charge on any atom is 0.102 e. The Labute approximate surface area is 98.6 Å². The van der Waals surface area contributed by atoms with E-state index in [1.165, 1.54) is 0 Å². The standard InChI is InChI=1S/C8H20N2O.4CH4/c1-7(9)5-3-4-6-11-8(2)10;;;;/h7-8H,3-6,9-10H2,1-2H3;4*1H4. The molecule has 0 rings (SSSR count). The minimum absolute atomic E-state index is 0. The SMILES string of the molecule is C.C.C.C.CC(N)CCCCOC(C)N. The van der Waals surface area contributed by atoms with Crippen LogP contribution in [0, 0.1) is 0 Å². The van der Waals surface area contributed by atoms with Crippen LogP contribution in [0.2, 0.25) is 0 Å². The summed E-state index contributed by atoms with van der Waals surface area (Å²) >= 11 is 0. The molecule has 3 heteroatoms. The Morgan fingerprint density at radius 3 is 1.73 bits per heavy atom. The van der Waals surface area contributed by atoms with Crippen molar-refractivity contribution in [3.8, 4) is 0 Å². The molecule has 0 radical (unpaired) electrons. The minimum Gasteiger partial charge on any atom is -0.364 e. The number of rotatable bonds is 6. The zero-order valence-corrected chi connectivity index (χ0v) is 7.55. The zero-order chi connectivity index (χ0) is 8.69. The molecule has 0 bridgehead atoms. The number of nitrogens with two attached hydrogens (primary N) is 2. The van der Waals surface area contributed by atoms with Crippen molar-refractivity contribution in [3.05, 3.63) is 0 Å². The van der Waals surface area contributed by atoms with Crippen molar-refractivity contribution in [2.75, 3.05) is 6.61 Å². The summed E-state index contributed by atoms with van der Waals surface area (Å²) in [5.74, 6) is 0. The second kappa shape index (κ2) is 19.5. The second-order valence-corrected chi connectivity index (χ2v) is 3.05. The highest BCUT2D eigenvalue weighted by Crippen LogP contribution is 1.98. The van der Waals surface area contributed by atoms with E-state index in [-0.39, 0.29) is 35.9 Å². The molecule has 0 aliphatic rings. The van der Waals surface area contributed by atoms with E-state index in [9.17, 15) is 0 Å². The molecule has 2 unspecified atom stereocenters. The Balaban J connectivity index is -0.0000000833. The van der Waals surface area contributed by atoms with Crippen molar-refractivity contribution in [3.63, 3.8) is 0 Å². The van der Waals surface area contributed by atoms with Gasteiger partial charge in [0.1, 0.15) is 6.23 Å². The fraction of sp³-hybridized carbons (Fsp3) is 1.00. The predicted molar refractivity (Wildman–Crippen MR) is 74.0 cm³/mol. The first-order valence-corrected chi connectivity index (χ1v) is 4.25. The Kier molecular flexibility index (Phi) is 38.1. The van der Waals surface area contributed by atoms with Crippen LogP contribution < -0.4 is 11.5 Å². The summed E-state index contributed by atoms with van der Waals surface area (Å²) in [4.78, 5) is 0. The smallest absolute Gasteiger partial charge is 0.102 e. The van der Waals surface area contributed by atoms with Gasteiger partial charge in [0.15, 0.2) is 0 Å². The summed E-state index contributed by atoms with van der Waals surface area (Å²) in [6, 6.07) is 0.310. The van der Waals surface area contributed by atoms with E-state index in [4.69, 9.17) is 16.2 Å². The molecular weight excluding hydrogens is 188 g/mol. The molecular formula is C12H36N2O. The zero-order valence-electron chi connectivity index (χ0n) is 7.55. The van der Waals surface area contributed by atoms with E-state index in [1.54, 1.807) is 0 Å². The van der Waals surface area contributed by atoms with Gasteiger partial charge in [-0.15, -0.1) is 0 Å². The Bertz CT molecular complexity index is 75.7. The maximum absolute atomic E-state index is 5.57. The van der Waals surface area contributed by atoms with E-state index >= 15 is 0 Å². The number of hydrogen-bond donors (Lipinski definition) is 2. The van der Waals surface area contributed by atoms with Crippen molar-refractivity contribution in [1.82, 2.24) is 0 Å². The van der Waals surface area contributed by atoms with Gasteiger partial charge >= 0.3 is 0 Å². The Morgan fingerprint density at radius 2 is 1.40 bits per heavy atom. The molecule has 2 atom stereocenters. The molecule has 3 nitrogen and oxygen atoms in total. The normalized spacial score (nSPS) is 12.0. The van der Waals surface area contributed by atoms with Gasteiger partial charge < -0.3 is 16.2 Å². The molecule has 15 heavy (non-hydrogen) atoms. The van der Waals surface area contributed by atoms with Gasteiger partial charge in [-0.3, -0.25) is 0 Å². The first-order valence-electron chi connectivity index (χ1n) is 4.25. The van der Waals surface area contributed by atoms with E-state index in [0.717, 1.165) is 25.9 Å². The van der Waals surface area contributed by atoms with E-state index in [2.05, 4.69) is 0 Å². The van der Waals surface area contributed by atoms with Crippen molar-refractivity contribution < 1.29 is 4.74 Å². The molecule has 0 heterocycles. The van der Waals surface area contributed by atoms with Crippen LogP contribution in [0.15, 0.2) is 0 Å². The summed E-state index contributed by atoms with van der Waals surface area (Å²) in [5.41, 5.74) is 11.0. The van der Waals surface area contributed by atoms with Crippen LogP contribution >= 0.6 is 0 Å². The topological polar surface area (TPSA) is 61.3 Å². The molecule has 0 aromatic carbocycles. The maximum atomic E-state index is 5.57. The lowest BCUT2D eigenvalue weighted by molar-refractivity contribution is 0.0676. The fourth-order valence-electron chi connectivity index (χ4n) is 0.838. The van der Waals surface area contributed by atoms with Crippen LogP contribution in [0.5, 0.6) is 0 Å². The highest BCUT2D eigenvalue weighted by Gasteiger charge is 1.95. The summed E-state index contributed by atoms with van der Waals surface area (Å²) in [7, 11) is 0. The third-order valence-electron chi connectivity index (χ3n) is 1.43. The summed E-state index contributed by atoms with van der Waals surface area (Å²) < 4.78 is 5.16. The molecule has 0 aromatic rings. The largest absolute Gasteiger partial charge is 0.364 e. The Morgan fingerprint density at radius 1 is 0.933 bits per heavy atom.